The van der Waals surface area contributed by atoms with E-state index in [1.54, 1.807) is 6.66 Å². The number of rotatable bonds is 2. The molecule has 2 saturated carbocycles. The van der Waals surface area contributed by atoms with Crippen LogP contribution < -0.4 is 11.5 Å². The molecular weight excluding hydrogens is 222 g/mol. The predicted molar refractivity (Wildman–Crippen MR) is 64.9 cm³/mol. The minimum absolute atomic E-state index is 0.130. The highest BCUT2D eigenvalue weighted by Gasteiger charge is 2.57. The zero-order valence-corrected chi connectivity index (χ0v) is 10.6. The van der Waals surface area contributed by atoms with Crippen LogP contribution in [0.25, 0.3) is 0 Å². The van der Waals surface area contributed by atoms with E-state index in [-0.39, 0.29) is 35.8 Å². The van der Waals surface area contributed by atoms with Gasteiger partial charge in [-0.15, -0.1) is 0 Å². The van der Waals surface area contributed by atoms with Gasteiger partial charge in [0.05, 0.1) is 5.92 Å². The SMILES string of the molecule is [B]P(C)OC(=O)[C@@H]1C2CC([C@@H](N)[C@@H]2C)[C@H]1N. The zero-order valence-electron chi connectivity index (χ0n) is 9.67. The maximum atomic E-state index is 11.9. The second kappa shape index (κ2) is 4.28. The first-order valence-corrected chi connectivity index (χ1v) is 7.42. The predicted octanol–water partition coefficient (Wildman–Crippen LogP) is 0.196. The summed E-state index contributed by atoms with van der Waals surface area (Å²) in [5, 5.41) is 0. The van der Waals surface area contributed by atoms with Gasteiger partial charge in [-0.25, -0.2) is 0 Å². The average Bonchev–Trinajstić information content (AvgIpc) is 2.64. The smallest absolute Gasteiger partial charge is 0.312 e. The van der Waals surface area contributed by atoms with E-state index in [2.05, 4.69) is 6.92 Å². The van der Waals surface area contributed by atoms with Crippen LogP contribution in [0.5, 0.6) is 0 Å². The molecule has 0 aromatic heterocycles. The molecule has 7 atom stereocenters. The van der Waals surface area contributed by atoms with Crippen molar-refractivity contribution in [2.45, 2.75) is 25.4 Å². The third kappa shape index (κ3) is 1.79. The first-order valence-electron chi connectivity index (χ1n) is 5.65. The number of nitrogens with two attached hydrogens (primary N) is 2. The average molecular weight is 240 g/mol. The summed E-state index contributed by atoms with van der Waals surface area (Å²) in [4.78, 5) is 11.9. The van der Waals surface area contributed by atoms with Gasteiger partial charge in [0.1, 0.15) is 0 Å². The summed E-state index contributed by atoms with van der Waals surface area (Å²) < 4.78 is 5.12. The third-order valence-electron chi connectivity index (χ3n) is 4.20. The van der Waals surface area contributed by atoms with Gasteiger partial charge >= 0.3 is 5.97 Å². The highest BCUT2D eigenvalue weighted by atomic mass is 31.1. The molecule has 2 fully saturated rings. The van der Waals surface area contributed by atoms with Crippen LogP contribution in [0.4, 0.5) is 0 Å². The van der Waals surface area contributed by atoms with Crippen molar-refractivity contribution in [3.63, 3.8) is 0 Å². The summed E-state index contributed by atoms with van der Waals surface area (Å²) >= 11 is 0. The third-order valence-corrected chi connectivity index (χ3v) is 4.67. The van der Waals surface area contributed by atoms with Crippen LogP contribution in [0.2, 0.25) is 0 Å². The molecule has 0 heterocycles. The molecule has 0 aliphatic heterocycles. The zero-order chi connectivity index (χ0) is 12.0. The Bertz CT molecular complexity index is 303. The lowest BCUT2D eigenvalue weighted by atomic mass is 9.76. The van der Waals surface area contributed by atoms with E-state index >= 15 is 0 Å². The van der Waals surface area contributed by atoms with Gasteiger partial charge in [-0.05, 0) is 30.8 Å². The normalized spacial score (nSPS) is 48.0. The summed E-state index contributed by atoms with van der Waals surface area (Å²) in [6.07, 6.45) is 0.954. The fourth-order valence-corrected chi connectivity index (χ4v) is 3.74. The maximum Gasteiger partial charge on any atom is 0.312 e. The summed E-state index contributed by atoms with van der Waals surface area (Å²) in [7, 11) is 4.38. The maximum absolute atomic E-state index is 11.9. The molecule has 2 radical (unpaired) electrons. The lowest BCUT2D eigenvalue weighted by molar-refractivity contribution is -0.141. The molecule has 3 unspecified atom stereocenters. The van der Waals surface area contributed by atoms with Crippen LogP contribution in [0.3, 0.4) is 0 Å². The van der Waals surface area contributed by atoms with E-state index < -0.39 is 8.03 Å². The lowest BCUT2D eigenvalue weighted by Crippen LogP contribution is -2.51. The van der Waals surface area contributed by atoms with Gasteiger partial charge in [0.2, 0.25) is 0 Å². The molecule has 2 aliphatic rings. The van der Waals surface area contributed by atoms with E-state index in [4.69, 9.17) is 23.6 Å². The van der Waals surface area contributed by atoms with E-state index in [0.717, 1.165) is 6.42 Å². The Morgan fingerprint density at radius 3 is 2.50 bits per heavy atom. The Kier molecular flexibility index (Phi) is 3.30. The first kappa shape index (κ1) is 12.3. The molecule has 4 nitrogen and oxygen atoms in total. The summed E-state index contributed by atoms with van der Waals surface area (Å²) in [5.41, 5.74) is 12.1. The van der Waals surface area contributed by atoms with Gasteiger partial charge in [0.25, 0.3) is 0 Å². The minimum Gasteiger partial charge on any atom is -0.457 e. The fourth-order valence-electron chi connectivity index (χ4n) is 3.34. The van der Waals surface area contributed by atoms with Crippen molar-refractivity contribution in [1.82, 2.24) is 0 Å². The van der Waals surface area contributed by atoms with Crippen LogP contribution in [-0.4, -0.2) is 32.3 Å². The molecule has 16 heavy (non-hydrogen) atoms. The number of carbonyl (C=O) groups excluding carboxylic acids is 1. The minimum atomic E-state index is -1.15. The Morgan fingerprint density at radius 2 is 2.00 bits per heavy atom. The van der Waals surface area contributed by atoms with Crippen molar-refractivity contribution in [2.24, 2.45) is 35.1 Å². The molecule has 6 heteroatoms. The van der Waals surface area contributed by atoms with Gasteiger partial charge in [-0.1, -0.05) is 6.92 Å². The van der Waals surface area contributed by atoms with Crippen LogP contribution in [0, 0.1) is 23.7 Å². The van der Waals surface area contributed by atoms with Crippen molar-refractivity contribution in [2.75, 3.05) is 6.66 Å². The molecule has 2 rings (SSSR count). The molecule has 0 aromatic carbocycles. The standard InChI is InChI=1S/C10H18BN2O2P/c1-4-5-3-6(8(4)12)9(13)7(5)10(14)15-16(2)11/h4-9H,3,12-13H2,1-2H3/t4-,5?,6?,7-,8+,9-,16?/m1/s1. The van der Waals surface area contributed by atoms with Crippen LogP contribution in [-0.2, 0) is 9.32 Å². The molecular formula is C10H18BN2O2P. The number of fused-ring (bicyclic) bond motifs is 2. The second-order valence-electron chi connectivity index (χ2n) is 5.06. The van der Waals surface area contributed by atoms with Gasteiger partial charge < -0.3 is 16.0 Å². The number of hydrogen-bond acceptors (Lipinski definition) is 4. The van der Waals surface area contributed by atoms with Gasteiger partial charge in [-0.3, -0.25) is 4.79 Å². The molecule has 4 N–H and O–H groups in total. The van der Waals surface area contributed by atoms with Crippen LogP contribution >= 0.6 is 8.03 Å². The van der Waals surface area contributed by atoms with Crippen molar-refractivity contribution in [3.05, 3.63) is 0 Å². The first-order chi connectivity index (χ1) is 7.43. The topological polar surface area (TPSA) is 78.3 Å². The van der Waals surface area contributed by atoms with Crippen LogP contribution in [0.1, 0.15) is 13.3 Å². The van der Waals surface area contributed by atoms with Crippen molar-refractivity contribution in [1.29, 1.82) is 0 Å². The Balaban J connectivity index is 2.10. The number of hydrogen-bond donors (Lipinski definition) is 2. The highest BCUT2D eigenvalue weighted by Crippen LogP contribution is 2.51. The summed E-state index contributed by atoms with van der Waals surface area (Å²) in [6, 6.07) is -0.0243. The monoisotopic (exact) mass is 240 g/mol. The molecule has 2 bridgehead atoms. The second-order valence-corrected chi connectivity index (χ2v) is 6.33. The van der Waals surface area contributed by atoms with E-state index in [9.17, 15) is 4.79 Å². The highest BCUT2D eigenvalue weighted by molar-refractivity contribution is 7.77. The van der Waals surface area contributed by atoms with E-state index in [1.807, 2.05) is 0 Å². The summed E-state index contributed by atoms with van der Waals surface area (Å²) in [5.74, 6) is 0.460. The Morgan fingerprint density at radius 1 is 1.38 bits per heavy atom. The molecule has 0 aromatic rings. The lowest BCUT2D eigenvalue weighted by Gasteiger charge is -2.35. The Hall–Kier alpha value is -0.115. The molecule has 88 valence electrons. The largest absolute Gasteiger partial charge is 0.457 e. The quantitative estimate of drug-likeness (QED) is 0.533. The van der Waals surface area contributed by atoms with E-state index in [1.165, 1.54) is 0 Å². The van der Waals surface area contributed by atoms with Gasteiger partial charge in [0, 0.05) is 20.1 Å². The molecule has 0 amide bonds. The van der Waals surface area contributed by atoms with E-state index in [0.29, 0.717) is 5.92 Å². The van der Waals surface area contributed by atoms with Crippen molar-refractivity contribution in [3.8, 4) is 0 Å². The molecule has 2 aliphatic carbocycles. The van der Waals surface area contributed by atoms with Gasteiger partial charge in [-0.2, -0.15) is 0 Å². The van der Waals surface area contributed by atoms with Gasteiger partial charge in [0.15, 0.2) is 7.57 Å². The van der Waals surface area contributed by atoms with Crippen molar-refractivity contribution >= 4 is 21.6 Å². The fraction of sp³-hybridized carbons (Fsp3) is 0.900. The van der Waals surface area contributed by atoms with Crippen molar-refractivity contribution < 1.29 is 9.32 Å². The molecule has 0 spiro atoms. The van der Waals surface area contributed by atoms with Crippen LogP contribution in [0.15, 0.2) is 0 Å². The number of carbonyl (C=O) groups is 1. The summed E-state index contributed by atoms with van der Waals surface area (Å²) in [6.45, 7) is 3.81. The Labute approximate surface area is 98.7 Å². The molecule has 0 saturated heterocycles.